The van der Waals surface area contributed by atoms with Crippen molar-refractivity contribution in [3.63, 3.8) is 0 Å². The highest BCUT2D eigenvalue weighted by molar-refractivity contribution is 6.91. The zero-order chi connectivity index (χ0) is 38.3. The molecule has 2 aliphatic heterocycles. The number of aromatic nitrogens is 4. The molecular weight excluding hydrogens is 709 g/mol. The van der Waals surface area contributed by atoms with Crippen molar-refractivity contribution in [2.75, 3.05) is 23.9 Å². The number of anilines is 3. The number of amides is 2. The van der Waals surface area contributed by atoms with Crippen LogP contribution < -0.4 is 20.1 Å². The number of nitrogens with one attached hydrogen (secondary N) is 2. The minimum absolute atomic E-state index is 0.000899. The number of hydrogen-bond acceptors (Lipinski definition) is 7. The highest BCUT2D eigenvalue weighted by atomic mass is 28.3. The van der Waals surface area contributed by atoms with Gasteiger partial charge in [-0.15, -0.1) is 5.10 Å². The van der Waals surface area contributed by atoms with Gasteiger partial charge in [0.25, 0.3) is 5.91 Å². The molecule has 4 heterocycles. The number of aryl methyl sites for hydroxylation is 1. The zero-order valence-electron chi connectivity index (χ0n) is 31.5. The molecule has 0 aliphatic carbocycles. The Balaban J connectivity index is 1.19. The summed E-state index contributed by atoms with van der Waals surface area (Å²) in [5, 5.41) is 23.4. The van der Waals surface area contributed by atoms with Gasteiger partial charge in [-0.3, -0.25) is 19.2 Å². The molecule has 4 atom stereocenters. The van der Waals surface area contributed by atoms with E-state index in [0.29, 0.717) is 25.1 Å². The summed E-state index contributed by atoms with van der Waals surface area (Å²) in [6.07, 6.45) is 4.67. The van der Waals surface area contributed by atoms with Crippen LogP contribution in [0.2, 0.25) is 18.6 Å². The van der Waals surface area contributed by atoms with Crippen molar-refractivity contribution < 1.29 is 24.2 Å². The SMILES string of the molecule is COc1ccc([Si](C)(C)[C@@H]2[C@@H](CCn3cc(CCO)nn3)O[C@]3(C(=O)N(c4ccccc4)c4ccc(NC(=O)Cc5c[nH]c6ccccc56)cc43)[C@H]2C)cc1. The normalized spacial score (nSPS) is 20.7. The summed E-state index contributed by atoms with van der Waals surface area (Å²) in [6.45, 7) is 7.41. The van der Waals surface area contributed by atoms with E-state index in [0.717, 1.165) is 44.8 Å². The molecule has 3 N–H and O–H groups in total. The summed E-state index contributed by atoms with van der Waals surface area (Å²) in [6, 6.07) is 31.7. The van der Waals surface area contributed by atoms with Gasteiger partial charge in [-0.05, 0) is 66.1 Å². The fraction of sp³-hybridized carbons (Fsp3) is 0.302. The van der Waals surface area contributed by atoms with Crippen molar-refractivity contribution in [3.8, 4) is 5.75 Å². The molecule has 4 aromatic carbocycles. The fourth-order valence-electron chi connectivity index (χ4n) is 9.01. The number of aromatic amines is 1. The lowest BCUT2D eigenvalue weighted by Gasteiger charge is -2.37. The van der Waals surface area contributed by atoms with Crippen LogP contribution in [0.4, 0.5) is 17.1 Å². The second kappa shape index (κ2) is 14.6. The first-order valence-electron chi connectivity index (χ1n) is 18.8. The Bertz CT molecular complexity index is 2340. The third-order valence-corrected chi connectivity index (χ3v) is 16.0. The molecule has 2 aliphatic rings. The van der Waals surface area contributed by atoms with E-state index < -0.39 is 13.7 Å². The molecule has 6 aromatic rings. The predicted octanol–water partition coefficient (Wildman–Crippen LogP) is 6.47. The van der Waals surface area contributed by atoms with Gasteiger partial charge in [0.1, 0.15) is 5.75 Å². The molecule has 1 fully saturated rings. The summed E-state index contributed by atoms with van der Waals surface area (Å²) >= 11 is 0. The molecule has 282 valence electrons. The number of nitrogens with zero attached hydrogens (tertiary/aromatic N) is 4. The van der Waals surface area contributed by atoms with E-state index in [-0.39, 0.29) is 42.4 Å². The van der Waals surface area contributed by atoms with Crippen LogP contribution in [-0.2, 0) is 39.3 Å². The lowest BCUT2D eigenvalue weighted by molar-refractivity contribution is -0.145. The van der Waals surface area contributed by atoms with Gasteiger partial charge >= 0.3 is 0 Å². The number of benzene rings is 4. The van der Waals surface area contributed by atoms with Crippen LogP contribution >= 0.6 is 0 Å². The largest absolute Gasteiger partial charge is 0.497 e. The molecule has 11 nitrogen and oxygen atoms in total. The number of para-hydroxylation sites is 2. The number of hydrogen-bond donors (Lipinski definition) is 3. The number of methoxy groups -OCH3 is 1. The smallest absolute Gasteiger partial charge is 0.268 e. The highest BCUT2D eigenvalue weighted by Gasteiger charge is 2.66. The third-order valence-electron chi connectivity index (χ3n) is 11.7. The number of H-pyrrole nitrogens is 1. The van der Waals surface area contributed by atoms with Gasteiger partial charge in [0.05, 0.1) is 39.1 Å². The minimum atomic E-state index is -2.40. The highest BCUT2D eigenvalue weighted by Crippen LogP contribution is 2.61. The Morgan fingerprint density at radius 2 is 1.80 bits per heavy atom. The molecule has 0 unspecified atom stereocenters. The number of aliphatic hydroxyl groups is 1. The van der Waals surface area contributed by atoms with Gasteiger partial charge in [0.2, 0.25) is 5.91 Å². The van der Waals surface area contributed by atoms with Crippen LogP contribution in [0, 0.1) is 5.92 Å². The van der Waals surface area contributed by atoms with Gasteiger partial charge in [-0.2, -0.15) is 0 Å². The second-order valence-corrected chi connectivity index (χ2v) is 19.9. The molecule has 0 bridgehead atoms. The molecule has 1 saturated heterocycles. The summed E-state index contributed by atoms with van der Waals surface area (Å²) in [7, 11) is -0.733. The number of ether oxygens (including phenoxy) is 2. The number of carbonyl (C=O) groups is 2. The third kappa shape index (κ3) is 6.43. The van der Waals surface area contributed by atoms with Crippen LogP contribution in [0.5, 0.6) is 5.75 Å². The van der Waals surface area contributed by atoms with Crippen LogP contribution in [-0.4, -0.2) is 64.8 Å². The van der Waals surface area contributed by atoms with Crippen LogP contribution in [0.3, 0.4) is 0 Å². The summed E-state index contributed by atoms with van der Waals surface area (Å²) in [5.74, 6) is 0.265. The monoisotopic (exact) mass is 754 g/mol. The maximum atomic E-state index is 15.3. The molecule has 2 aromatic heterocycles. The van der Waals surface area contributed by atoms with E-state index in [1.165, 1.54) is 5.19 Å². The quantitative estimate of drug-likeness (QED) is 0.122. The van der Waals surface area contributed by atoms with Crippen molar-refractivity contribution in [1.82, 2.24) is 20.0 Å². The Labute approximate surface area is 321 Å². The Morgan fingerprint density at radius 3 is 2.56 bits per heavy atom. The Hall–Kier alpha value is -5.56. The number of carbonyl (C=O) groups excluding carboxylic acids is 2. The molecule has 55 heavy (non-hydrogen) atoms. The zero-order valence-corrected chi connectivity index (χ0v) is 32.5. The van der Waals surface area contributed by atoms with Gasteiger partial charge in [0.15, 0.2) is 5.60 Å². The Kier molecular flexibility index (Phi) is 9.66. The number of rotatable bonds is 12. The van der Waals surface area contributed by atoms with E-state index in [4.69, 9.17) is 9.47 Å². The molecule has 12 heteroatoms. The van der Waals surface area contributed by atoms with Crippen molar-refractivity contribution in [1.29, 1.82) is 0 Å². The van der Waals surface area contributed by atoms with E-state index in [1.54, 1.807) is 16.7 Å². The molecule has 2 amide bonds. The standard InChI is InChI=1S/C43H46N6O5Si/c1-28-41(55(3,4)34-17-15-33(53-2)16-18-34)39(20-22-48-27-31(21-23-50)46-47-48)54-43(28)36-25-30(14-19-38(36)49(42(43)52)32-10-6-5-7-11-32)45-40(51)24-29-26-44-37-13-9-8-12-35(29)37/h5-19,25-28,39,41,44,50H,20-24H2,1-4H3,(H,45,51)/t28-,39+,41-,43+/m0/s1. The molecule has 8 rings (SSSR count). The first-order valence-corrected chi connectivity index (χ1v) is 21.9. The van der Waals surface area contributed by atoms with Gasteiger partial charge in [0, 0.05) is 65.7 Å². The average molecular weight is 755 g/mol. The maximum absolute atomic E-state index is 15.3. The second-order valence-electron chi connectivity index (χ2n) is 15.2. The average Bonchev–Trinajstić information content (AvgIpc) is 3.95. The van der Waals surface area contributed by atoms with Crippen molar-refractivity contribution in [2.24, 2.45) is 5.92 Å². The molecular formula is C43H46N6O5Si. The van der Waals surface area contributed by atoms with Crippen molar-refractivity contribution >= 4 is 53.0 Å². The summed E-state index contributed by atoms with van der Waals surface area (Å²) in [5.41, 5.74) is 4.15. The Morgan fingerprint density at radius 1 is 1.04 bits per heavy atom. The van der Waals surface area contributed by atoms with E-state index in [9.17, 15) is 9.90 Å². The topological polar surface area (TPSA) is 135 Å². The van der Waals surface area contributed by atoms with Crippen molar-refractivity contribution in [2.45, 2.75) is 63.1 Å². The summed E-state index contributed by atoms with van der Waals surface area (Å²) < 4.78 is 14.6. The van der Waals surface area contributed by atoms with Crippen molar-refractivity contribution in [3.05, 3.63) is 126 Å². The fourth-order valence-corrected chi connectivity index (χ4v) is 13.1. The molecule has 1 spiro atoms. The first kappa shape index (κ1) is 36.4. The predicted molar refractivity (Wildman–Crippen MR) is 216 cm³/mol. The number of fused-ring (bicyclic) bond motifs is 3. The number of aliphatic hydroxyl groups excluding tert-OH is 1. The van der Waals surface area contributed by atoms with Crippen LogP contribution in [0.1, 0.15) is 30.2 Å². The summed E-state index contributed by atoms with van der Waals surface area (Å²) in [4.78, 5) is 33.9. The van der Waals surface area contributed by atoms with Crippen LogP contribution in [0.25, 0.3) is 10.9 Å². The van der Waals surface area contributed by atoms with E-state index in [2.05, 4.69) is 52.8 Å². The van der Waals surface area contributed by atoms with Gasteiger partial charge in [-0.1, -0.05) is 78.9 Å². The molecule has 0 saturated carbocycles. The maximum Gasteiger partial charge on any atom is 0.268 e. The lowest BCUT2D eigenvalue weighted by atomic mass is 9.82. The van der Waals surface area contributed by atoms with Gasteiger partial charge in [-0.25, -0.2) is 0 Å². The minimum Gasteiger partial charge on any atom is -0.497 e. The van der Waals surface area contributed by atoms with Gasteiger partial charge < -0.3 is 24.9 Å². The molecule has 0 radical (unpaired) electrons. The van der Waals surface area contributed by atoms with E-state index >= 15 is 4.79 Å². The lowest BCUT2D eigenvalue weighted by Crippen LogP contribution is -2.51. The van der Waals surface area contributed by atoms with E-state index in [1.807, 2.05) is 97.3 Å². The first-order chi connectivity index (χ1) is 26.6. The van der Waals surface area contributed by atoms with Crippen LogP contribution in [0.15, 0.2) is 109 Å².